The summed E-state index contributed by atoms with van der Waals surface area (Å²) in [5.41, 5.74) is 0.951. The Morgan fingerprint density at radius 1 is 1.20 bits per heavy atom. The summed E-state index contributed by atoms with van der Waals surface area (Å²) in [5.74, 6) is 2.65. The summed E-state index contributed by atoms with van der Waals surface area (Å²) in [5, 5.41) is 8.19. The molecular weight excluding hydrogens is 491 g/mol. The van der Waals surface area contributed by atoms with Gasteiger partial charge in [-0.25, -0.2) is 0 Å². The van der Waals surface area contributed by atoms with Crippen LogP contribution in [0.3, 0.4) is 0 Å². The number of rotatable bonds is 7. The number of likely N-dealkylation sites (tertiary alicyclic amines) is 1. The first kappa shape index (κ1) is 23.3. The van der Waals surface area contributed by atoms with Gasteiger partial charge in [-0.2, -0.15) is 0 Å². The fraction of sp³-hybridized carbons (Fsp3) is 0.609. The fourth-order valence-electron chi connectivity index (χ4n) is 4.30. The summed E-state index contributed by atoms with van der Waals surface area (Å²) < 4.78 is 11.4. The lowest BCUT2D eigenvalue weighted by atomic mass is 10.0. The van der Waals surface area contributed by atoms with Crippen molar-refractivity contribution in [3.8, 4) is 0 Å². The molecule has 1 unspecified atom stereocenters. The van der Waals surface area contributed by atoms with Crippen LogP contribution in [0.5, 0.6) is 0 Å². The molecule has 2 saturated heterocycles. The fourth-order valence-corrected chi connectivity index (χ4v) is 4.30. The number of aliphatic imine (C=N–C) groups is 1. The van der Waals surface area contributed by atoms with Gasteiger partial charge in [-0.05, 0) is 44.2 Å². The van der Waals surface area contributed by atoms with Crippen LogP contribution < -0.4 is 10.6 Å². The summed E-state index contributed by atoms with van der Waals surface area (Å²) in [6, 6.07) is 10.8. The van der Waals surface area contributed by atoms with E-state index in [-0.39, 0.29) is 24.0 Å². The molecule has 0 amide bonds. The van der Waals surface area contributed by atoms with Gasteiger partial charge >= 0.3 is 0 Å². The summed E-state index contributed by atoms with van der Waals surface area (Å²) in [4.78, 5) is 7.38. The first-order valence-corrected chi connectivity index (χ1v) is 11.1. The molecule has 3 heterocycles. The van der Waals surface area contributed by atoms with Crippen LogP contribution in [0.25, 0.3) is 11.0 Å². The van der Waals surface area contributed by atoms with E-state index in [9.17, 15) is 0 Å². The second-order valence-electron chi connectivity index (χ2n) is 8.21. The minimum absolute atomic E-state index is 0. The molecule has 2 aliphatic heterocycles. The quantitative estimate of drug-likeness (QED) is 0.328. The Hall–Kier alpha value is -1.32. The van der Waals surface area contributed by atoms with E-state index < -0.39 is 0 Å². The number of fused-ring (bicyclic) bond motifs is 1. The van der Waals surface area contributed by atoms with E-state index in [0.717, 1.165) is 74.4 Å². The zero-order chi connectivity index (χ0) is 19.9. The van der Waals surface area contributed by atoms with E-state index in [1.807, 2.05) is 18.2 Å². The van der Waals surface area contributed by atoms with Crippen molar-refractivity contribution in [2.24, 2.45) is 10.9 Å². The lowest BCUT2D eigenvalue weighted by molar-refractivity contribution is 0.150. The van der Waals surface area contributed by atoms with Crippen LogP contribution in [0.1, 0.15) is 31.9 Å². The van der Waals surface area contributed by atoms with Gasteiger partial charge in [0.2, 0.25) is 0 Å². The molecule has 0 saturated carbocycles. The van der Waals surface area contributed by atoms with Crippen LogP contribution in [-0.4, -0.2) is 62.8 Å². The van der Waals surface area contributed by atoms with Crippen LogP contribution in [-0.2, 0) is 11.2 Å². The molecule has 1 aromatic heterocycles. The van der Waals surface area contributed by atoms with Crippen molar-refractivity contribution in [3.63, 3.8) is 0 Å². The van der Waals surface area contributed by atoms with Crippen molar-refractivity contribution in [2.45, 2.75) is 38.6 Å². The molecule has 2 aromatic rings. The van der Waals surface area contributed by atoms with E-state index in [2.05, 4.69) is 34.6 Å². The zero-order valence-corrected chi connectivity index (χ0v) is 20.3. The van der Waals surface area contributed by atoms with Gasteiger partial charge in [0, 0.05) is 57.2 Å². The second kappa shape index (κ2) is 11.9. The van der Waals surface area contributed by atoms with Crippen LogP contribution >= 0.6 is 24.0 Å². The van der Waals surface area contributed by atoms with E-state index in [4.69, 9.17) is 14.1 Å². The van der Waals surface area contributed by atoms with Crippen molar-refractivity contribution >= 4 is 40.9 Å². The SMILES string of the molecule is CCNC(=NCCc1cc2ccccc2o1)NC1CCN(CC2CCOC2)CC1.I. The molecule has 6 nitrogen and oxygen atoms in total. The van der Waals surface area contributed by atoms with E-state index in [1.165, 1.54) is 25.8 Å². The van der Waals surface area contributed by atoms with Gasteiger partial charge in [-0.3, -0.25) is 4.99 Å². The number of hydrogen-bond acceptors (Lipinski definition) is 4. The number of benzene rings is 1. The number of hydrogen-bond donors (Lipinski definition) is 2. The molecule has 0 bridgehead atoms. The molecule has 166 valence electrons. The Balaban J connectivity index is 0.00000256. The van der Waals surface area contributed by atoms with Crippen LogP contribution in [0.2, 0.25) is 0 Å². The van der Waals surface area contributed by atoms with E-state index >= 15 is 0 Å². The summed E-state index contributed by atoms with van der Waals surface area (Å²) in [7, 11) is 0. The van der Waals surface area contributed by atoms with Gasteiger partial charge in [-0.1, -0.05) is 18.2 Å². The molecule has 1 atom stereocenters. The average molecular weight is 526 g/mol. The first-order chi connectivity index (χ1) is 14.3. The van der Waals surface area contributed by atoms with Gasteiger partial charge in [0.05, 0.1) is 6.61 Å². The minimum Gasteiger partial charge on any atom is -0.461 e. The monoisotopic (exact) mass is 526 g/mol. The maximum Gasteiger partial charge on any atom is 0.191 e. The Morgan fingerprint density at radius 3 is 2.77 bits per heavy atom. The molecule has 2 N–H and O–H groups in total. The van der Waals surface area contributed by atoms with Crippen molar-refractivity contribution in [1.82, 2.24) is 15.5 Å². The lowest BCUT2D eigenvalue weighted by Crippen LogP contribution is -2.49. The predicted molar refractivity (Wildman–Crippen MR) is 133 cm³/mol. The topological polar surface area (TPSA) is 62.0 Å². The Labute approximate surface area is 196 Å². The molecule has 0 aliphatic carbocycles. The average Bonchev–Trinajstić information content (AvgIpc) is 3.39. The van der Waals surface area contributed by atoms with Gasteiger partial charge in [0.1, 0.15) is 11.3 Å². The van der Waals surface area contributed by atoms with Crippen molar-refractivity contribution in [1.29, 1.82) is 0 Å². The highest BCUT2D eigenvalue weighted by molar-refractivity contribution is 14.0. The van der Waals surface area contributed by atoms with Crippen LogP contribution in [0.15, 0.2) is 39.7 Å². The Morgan fingerprint density at radius 2 is 2.03 bits per heavy atom. The highest BCUT2D eigenvalue weighted by Crippen LogP contribution is 2.19. The molecule has 7 heteroatoms. The van der Waals surface area contributed by atoms with Crippen LogP contribution in [0, 0.1) is 5.92 Å². The number of para-hydroxylation sites is 1. The zero-order valence-electron chi connectivity index (χ0n) is 17.9. The van der Waals surface area contributed by atoms with Crippen LogP contribution in [0.4, 0.5) is 0 Å². The molecular formula is C23H35IN4O2. The predicted octanol–water partition coefficient (Wildman–Crippen LogP) is 3.65. The molecule has 2 fully saturated rings. The third-order valence-electron chi connectivity index (χ3n) is 5.92. The van der Waals surface area contributed by atoms with E-state index in [1.54, 1.807) is 0 Å². The Bertz CT molecular complexity index is 762. The number of nitrogens with zero attached hydrogens (tertiary/aromatic N) is 2. The first-order valence-electron chi connectivity index (χ1n) is 11.1. The number of halogens is 1. The van der Waals surface area contributed by atoms with Gasteiger partial charge in [0.15, 0.2) is 5.96 Å². The minimum atomic E-state index is 0. The van der Waals surface area contributed by atoms with Gasteiger partial charge < -0.3 is 24.7 Å². The third-order valence-corrected chi connectivity index (χ3v) is 5.92. The number of ether oxygens (including phenoxy) is 1. The molecule has 0 spiro atoms. The Kier molecular flexibility index (Phi) is 9.27. The maximum absolute atomic E-state index is 5.90. The molecule has 30 heavy (non-hydrogen) atoms. The normalized spacial score (nSPS) is 21.0. The highest BCUT2D eigenvalue weighted by Gasteiger charge is 2.24. The van der Waals surface area contributed by atoms with Gasteiger partial charge in [0.25, 0.3) is 0 Å². The largest absolute Gasteiger partial charge is 0.461 e. The molecule has 0 radical (unpaired) electrons. The number of furan rings is 1. The summed E-state index contributed by atoms with van der Waals surface area (Å²) >= 11 is 0. The van der Waals surface area contributed by atoms with Crippen molar-refractivity contribution in [3.05, 3.63) is 36.1 Å². The second-order valence-corrected chi connectivity index (χ2v) is 8.21. The standard InChI is InChI=1S/C23H34N4O2.HI/c1-2-24-23(25-11-7-21-15-19-5-3-4-6-22(19)29-21)26-20-8-12-27(13-9-20)16-18-10-14-28-17-18;/h3-6,15,18,20H,2,7-14,16-17H2,1H3,(H2,24,25,26);1H. The molecule has 1 aromatic carbocycles. The smallest absolute Gasteiger partial charge is 0.191 e. The summed E-state index contributed by atoms with van der Waals surface area (Å²) in [6.07, 6.45) is 4.37. The van der Waals surface area contributed by atoms with Crippen molar-refractivity contribution < 1.29 is 9.15 Å². The van der Waals surface area contributed by atoms with Crippen molar-refractivity contribution in [2.75, 3.05) is 45.9 Å². The van der Waals surface area contributed by atoms with Gasteiger partial charge in [-0.15, -0.1) is 24.0 Å². The molecule has 2 aliphatic rings. The summed E-state index contributed by atoms with van der Waals surface area (Å²) in [6.45, 7) is 9.10. The third kappa shape index (κ3) is 6.59. The lowest BCUT2D eigenvalue weighted by Gasteiger charge is -2.34. The highest BCUT2D eigenvalue weighted by atomic mass is 127. The number of guanidine groups is 1. The number of nitrogens with one attached hydrogen (secondary N) is 2. The molecule has 4 rings (SSSR count). The van der Waals surface area contributed by atoms with E-state index in [0.29, 0.717) is 6.04 Å². The maximum atomic E-state index is 5.90. The number of piperidine rings is 1.